The molecule has 28 heavy (non-hydrogen) atoms. The average molecular weight is 404 g/mol. The minimum absolute atomic E-state index is 0.150. The van der Waals surface area contributed by atoms with Crippen molar-refractivity contribution in [2.24, 2.45) is 0 Å². The van der Waals surface area contributed by atoms with Crippen molar-refractivity contribution in [3.63, 3.8) is 0 Å². The van der Waals surface area contributed by atoms with Crippen LogP contribution >= 0.6 is 7.94 Å². The standard InChI is InChI=1S/C24H36O3P/c25-28(26,27)21-15-7-5-3-1-2-4-6-14-20-24(22-16-10-8-11-17-22)23-18-12-9-13-19-23/h8-13,16-19,24-27H,1-7,14-15,20-21H2/q+1. The minimum Gasteiger partial charge on any atom is -0.193 e. The predicted molar refractivity (Wildman–Crippen MR) is 119 cm³/mol. The van der Waals surface area contributed by atoms with Crippen LogP contribution in [0.25, 0.3) is 0 Å². The fourth-order valence-corrected chi connectivity index (χ4v) is 4.45. The van der Waals surface area contributed by atoms with E-state index in [1.165, 1.54) is 56.1 Å². The fraction of sp³-hybridized carbons (Fsp3) is 0.500. The van der Waals surface area contributed by atoms with E-state index in [1.54, 1.807) is 0 Å². The third kappa shape index (κ3) is 9.80. The van der Waals surface area contributed by atoms with Crippen molar-refractivity contribution in [2.75, 3.05) is 6.16 Å². The lowest BCUT2D eigenvalue weighted by Crippen LogP contribution is -2.01. The molecule has 0 bridgehead atoms. The van der Waals surface area contributed by atoms with Crippen molar-refractivity contribution in [3.8, 4) is 0 Å². The Morgan fingerprint density at radius 3 is 1.36 bits per heavy atom. The smallest absolute Gasteiger partial charge is 0.193 e. The highest BCUT2D eigenvalue weighted by Gasteiger charge is 2.27. The molecule has 0 amide bonds. The normalized spacial score (nSPS) is 11.9. The molecule has 0 radical (unpaired) electrons. The first-order chi connectivity index (χ1) is 13.6. The van der Waals surface area contributed by atoms with Crippen molar-refractivity contribution in [3.05, 3.63) is 71.8 Å². The van der Waals surface area contributed by atoms with Crippen molar-refractivity contribution in [2.45, 2.75) is 70.1 Å². The van der Waals surface area contributed by atoms with Crippen LogP contribution in [0.15, 0.2) is 60.7 Å². The molecule has 3 nitrogen and oxygen atoms in total. The third-order valence-electron chi connectivity index (χ3n) is 5.35. The van der Waals surface area contributed by atoms with Gasteiger partial charge in [0.25, 0.3) is 0 Å². The van der Waals surface area contributed by atoms with Gasteiger partial charge < -0.3 is 0 Å². The van der Waals surface area contributed by atoms with E-state index in [2.05, 4.69) is 60.7 Å². The van der Waals surface area contributed by atoms with Gasteiger partial charge in [0.1, 0.15) is 6.16 Å². The molecule has 0 aromatic heterocycles. The topological polar surface area (TPSA) is 60.7 Å². The summed E-state index contributed by atoms with van der Waals surface area (Å²) in [5, 5.41) is 0. The highest BCUT2D eigenvalue weighted by Crippen LogP contribution is 2.45. The Kier molecular flexibility index (Phi) is 10.7. The maximum Gasteiger partial charge on any atom is 0.403 e. The summed E-state index contributed by atoms with van der Waals surface area (Å²) in [6, 6.07) is 21.7. The monoisotopic (exact) mass is 403 g/mol. The lowest BCUT2D eigenvalue weighted by molar-refractivity contribution is 0.328. The first-order valence-electron chi connectivity index (χ1n) is 10.7. The highest BCUT2D eigenvalue weighted by molar-refractivity contribution is 7.58. The molecule has 0 aliphatic heterocycles. The largest absolute Gasteiger partial charge is 0.403 e. The van der Waals surface area contributed by atoms with Gasteiger partial charge in [0, 0.05) is 5.92 Å². The van der Waals surface area contributed by atoms with E-state index < -0.39 is 7.94 Å². The Hall–Kier alpha value is -1.25. The van der Waals surface area contributed by atoms with E-state index in [4.69, 9.17) is 14.7 Å². The SMILES string of the molecule is O[P+](O)(O)CCCCCCCCCCCC(c1ccccc1)c1ccccc1. The van der Waals surface area contributed by atoms with Crippen molar-refractivity contribution >= 4 is 7.94 Å². The van der Waals surface area contributed by atoms with Crippen LogP contribution in [0.3, 0.4) is 0 Å². The lowest BCUT2D eigenvalue weighted by atomic mass is 9.87. The zero-order chi connectivity index (χ0) is 20.1. The fourth-order valence-electron chi connectivity index (χ4n) is 3.81. The molecule has 2 rings (SSSR count). The van der Waals surface area contributed by atoms with Gasteiger partial charge in [-0.3, -0.25) is 0 Å². The highest BCUT2D eigenvalue weighted by atomic mass is 31.2. The molecule has 0 fully saturated rings. The predicted octanol–water partition coefficient (Wildman–Crippen LogP) is 6.46. The van der Waals surface area contributed by atoms with Crippen LogP contribution in [0, 0.1) is 0 Å². The molecule has 0 aliphatic carbocycles. The van der Waals surface area contributed by atoms with Crippen molar-refractivity contribution in [1.82, 2.24) is 0 Å². The number of rotatable bonds is 14. The molecule has 3 N–H and O–H groups in total. The molecule has 2 aromatic rings. The van der Waals surface area contributed by atoms with Crippen LogP contribution in [0.1, 0.15) is 81.3 Å². The maximum atomic E-state index is 8.95. The summed E-state index contributed by atoms with van der Waals surface area (Å²) in [4.78, 5) is 26.8. The van der Waals surface area contributed by atoms with E-state index in [0.29, 0.717) is 12.3 Å². The van der Waals surface area contributed by atoms with Gasteiger partial charge in [0.15, 0.2) is 0 Å². The van der Waals surface area contributed by atoms with Crippen LogP contribution in [-0.4, -0.2) is 20.8 Å². The van der Waals surface area contributed by atoms with Gasteiger partial charge in [-0.25, -0.2) is 0 Å². The van der Waals surface area contributed by atoms with Gasteiger partial charge in [-0.15, -0.1) is 0 Å². The summed E-state index contributed by atoms with van der Waals surface area (Å²) in [6.07, 6.45) is 11.7. The number of unbranched alkanes of at least 4 members (excludes halogenated alkanes) is 8. The molecule has 0 saturated heterocycles. The van der Waals surface area contributed by atoms with E-state index in [9.17, 15) is 0 Å². The van der Waals surface area contributed by atoms with Gasteiger partial charge in [0.05, 0.1) is 0 Å². The molecule has 0 atom stereocenters. The van der Waals surface area contributed by atoms with E-state index in [1.807, 2.05) is 0 Å². The molecule has 0 saturated carbocycles. The van der Waals surface area contributed by atoms with Crippen LogP contribution in [-0.2, 0) is 0 Å². The van der Waals surface area contributed by atoms with E-state index in [0.717, 1.165) is 12.8 Å². The third-order valence-corrected chi connectivity index (χ3v) is 6.27. The second kappa shape index (κ2) is 13.1. The molecule has 0 heterocycles. The summed E-state index contributed by atoms with van der Waals surface area (Å²) >= 11 is 0. The van der Waals surface area contributed by atoms with Crippen LogP contribution in [0.2, 0.25) is 0 Å². The molecule has 4 heteroatoms. The first-order valence-corrected chi connectivity index (χ1v) is 12.6. The zero-order valence-electron chi connectivity index (χ0n) is 16.9. The zero-order valence-corrected chi connectivity index (χ0v) is 17.8. The second-order valence-corrected chi connectivity index (χ2v) is 9.59. The Labute approximate surface area is 171 Å². The van der Waals surface area contributed by atoms with Gasteiger partial charge in [0.2, 0.25) is 0 Å². The van der Waals surface area contributed by atoms with Crippen LogP contribution in [0.4, 0.5) is 0 Å². The summed E-state index contributed by atoms with van der Waals surface area (Å²) in [6.45, 7) is 0. The number of hydrogen-bond donors (Lipinski definition) is 3. The molecule has 0 unspecified atom stereocenters. The van der Waals surface area contributed by atoms with E-state index >= 15 is 0 Å². The summed E-state index contributed by atoms with van der Waals surface area (Å²) < 4.78 is 0. The number of hydrogen-bond acceptors (Lipinski definition) is 3. The summed E-state index contributed by atoms with van der Waals surface area (Å²) in [7, 11) is -3.54. The molecular weight excluding hydrogens is 367 g/mol. The summed E-state index contributed by atoms with van der Waals surface area (Å²) in [5.41, 5.74) is 2.82. The minimum atomic E-state index is -3.54. The lowest BCUT2D eigenvalue weighted by Gasteiger charge is -2.18. The van der Waals surface area contributed by atoms with Crippen LogP contribution in [0.5, 0.6) is 0 Å². The van der Waals surface area contributed by atoms with E-state index in [-0.39, 0.29) is 6.16 Å². The van der Waals surface area contributed by atoms with Gasteiger partial charge in [-0.2, -0.15) is 14.7 Å². The Bertz CT molecular complexity index is 586. The molecule has 2 aromatic carbocycles. The first kappa shape index (κ1) is 23.0. The van der Waals surface area contributed by atoms with Gasteiger partial charge in [-0.1, -0.05) is 106 Å². The summed E-state index contributed by atoms with van der Waals surface area (Å²) in [5.74, 6) is 0.488. The molecular formula is C24H36O3P+. The molecule has 0 spiro atoms. The molecule has 154 valence electrons. The van der Waals surface area contributed by atoms with Gasteiger partial charge >= 0.3 is 7.94 Å². The van der Waals surface area contributed by atoms with Crippen molar-refractivity contribution < 1.29 is 14.7 Å². The number of benzene rings is 2. The van der Waals surface area contributed by atoms with Crippen molar-refractivity contribution in [1.29, 1.82) is 0 Å². The van der Waals surface area contributed by atoms with Gasteiger partial charge in [-0.05, 0) is 30.4 Å². The van der Waals surface area contributed by atoms with Crippen LogP contribution < -0.4 is 0 Å². The quantitative estimate of drug-likeness (QED) is 0.251. The Morgan fingerprint density at radius 1 is 0.536 bits per heavy atom. The maximum absolute atomic E-state index is 8.95. The Morgan fingerprint density at radius 2 is 0.929 bits per heavy atom. The average Bonchev–Trinajstić information content (AvgIpc) is 2.69. The Balaban J connectivity index is 1.59. The molecule has 0 aliphatic rings. The second-order valence-electron chi connectivity index (χ2n) is 7.76.